The minimum absolute atomic E-state index is 0. The molecule has 0 aliphatic heterocycles. The average Bonchev–Trinajstić information content (AvgIpc) is 2.75. The van der Waals surface area contributed by atoms with Crippen LogP contribution in [0.5, 0.6) is 0 Å². The summed E-state index contributed by atoms with van der Waals surface area (Å²) in [6.07, 6.45) is 2.54. The minimum Gasteiger partial charge on any atom is -0.678 e. The number of hydrogen-bond acceptors (Lipinski definition) is 2. The predicted octanol–water partition coefficient (Wildman–Crippen LogP) is 2.78. The Morgan fingerprint density at radius 3 is 1.76 bits per heavy atom. The molecule has 1 rings (SSSR count). The Morgan fingerprint density at radius 1 is 1.24 bits per heavy atom. The molecule has 1 aromatic carbocycles. The standard InChI is InChI=1S/C5H5.C4H6N2S.C3H9P.Co/c1-2-4-5-3-1;1-5-3-6(2)4-7;1-4(2)3;/h1-5H;1-2H3;1-3H3;/q-1;-2;;/p+1. The fourth-order valence-electron chi connectivity index (χ4n) is 0.491. The maximum atomic E-state index is 4.39. The van der Waals surface area contributed by atoms with E-state index in [9.17, 15) is 0 Å². The fourth-order valence-corrected chi connectivity index (χ4v) is 0.532. The molecule has 0 bridgehead atoms. The van der Waals surface area contributed by atoms with Crippen molar-refractivity contribution < 1.29 is 16.8 Å². The molecule has 0 fully saturated rings. The van der Waals surface area contributed by atoms with E-state index < -0.39 is 0 Å². The van der Waals surface area contributed by atoms with E-state index in [1.165, 1.54) is 4.90 Å². The van der Waals surface area contributed by atoms with Gasteiger partial charge in [0, 0.05) is 36.8 Å². The average molecular weight is 315 g/mol. The molecule has 1 aromatic rings. The molecule has 101 valence electrons. The van der Waals surface area contributed by atoms with Crippen molar-refractivity contribution in [1.82, 2.24) is 4.90 Å². The molecule has 1 radical (unpaired) electrons. The van der Waals surface area contributed by atoms with E-state index in [1.54, 1.807) is 14.1 Å². The molecule has 0 spiro atoms. The first kappa shape index (κ1) is 22.1. The molecule has 5 heteroatoms. The summed E-state index contributed by atoms with van der Waals surface area (Å²) in [4.78, 5) is 5.01. The molecule has 0 aliphatic rings. The minimum atomic E-state index is 0. The van der Waals surface area contributed by atoms with Crippen LogP contribution < -0.4 is 0 Å². The van der Waals surface area contributed by atoms with Crippen LogP contribution in [0.15, 0.2) is 35.3 Å². The third-order valence-corrected chi connectivity index (χ3v) is 1.22. The van der Waals surface area contributed by atoms with Gasteiger partial charge >= 0.3 is 0 Å². The molecular weight excluding hydrogens is 294 g/mol. The first-order chi connectivity index (χ1) is 7.54. The van der Waals surface area contributed by atoms with Crippen LogP contribution in [0.25, 0.3) is 0 Å². The number of thiocarbonyl (C=S) groups is 1. The van der Waals surface area contributed by atoms with Crippen molar-refractivity contribution in [1.29, 1.82) is 0 Å². The van der Waals surface area contributed by atoms with Crippen molar-refractivity contribution in [2.24, 2.45) is 4.99 Å². The Bertz CT molecular complexity index is 231. The van der Waals surface area contributed by atoms with E-state index >= 15 is 0 Å². The first-order valence-corrected chi connectivity index (χ1v) is 8.34. The van der Waals surface area contributed by atoms with Crippen molar-refractivity contribution >= 4 is 32.0 Å². The van der Waals surface area contributed by atoms with E-state index in [1.807, 2.05) is 30.3 Å². The van der Waals surface area contributed by atoms with Gasteiger partial charge in [-0.3, -0.25) is 0 Å². The molecule has 0 unspecified atom stereocenters. The van der Waals surface area contributed by atoms with Gasteiger partial charge in [-0.1, -0.05) is 0 Å². The molecule has 0 heterocycles. The predicted molar refractivity (Wildman–Crippen MR) is 81.8 cm³/mol. The van der Waals surface area contributed by atoms with Gasteiger partial charge in [0.1, 0.15) is 0 Å². The molecule has 0 aromatic heterocycles. The van der Waals surface area contributed by atoms with Crippen LogP contribution in [-0.2, 0) is 16.8 Å². The molecule has 2 nitrogen and oxygen atoms in total. The zero-order valence-electron chi connectivity index (χ0n) is 11.0. The number of aliphatic imine (C=N–C) groups is 1. The van der Waals surface area contributed by atoms with Gasteiger partial charge in [-0.2, -0.15) is 18.2 Å². The van der Waals surface area contributed by atoms with Gasteiger partial charge in [0.15, 0.2) is 0 Å². The van der Waals surface area contributed by atoms with E-state index in [-0.39, 0.29) is 24.7 Å². The molecule has 0 amide bonds. The normalized spacial score (nSPS) is 8.35. The Balaban J connectivity index is -0.000000175. The second kappa shape index (κ2) is 18.2. The Labute approximate surface area is 123 Å². The summed E-state index contributed by atoms with van der Waals surface area (Å²) < 4.78 is 0. The number of nitrogens with zero attached hydrogens (tertiary/aromatic N) is 2. The third-order valence-electron chi connectivity index (χ3n) is 0.942. The first-order valence-electron chi connectivity index (χ1n) is 4.94. The summed E-state index contributed by atoms with van der Waals surface area (Å²) in [5.41, 5.74) is 2.38. The molecule has 17 heavy (non-hydrogen) atoms. The molecular formula is C12H21CoN2PS-2. The number of hydrogen-bond donors (Lipinski definition) is 0. The van der Waals surface area contributed by atoms with Crippen molar-refractivity contribution in [3.05, 3.63) is 30.3 Å². The quantitative estimate of drug-likeness (QED) is 0.208. The van der Waals surface area contributed by atoms with E-state index in [2.05, 4.69) is 49.0 Å². The molecule has 0 aliphatic carbocycles. The summed E-state index contributed by atoms with van der Waals surface area (Å²) in [5, 5.41) is 0. The Hall–Kier alpha value is -0.154. The van der Waals surface area contributed by atoms with Crippen LogP contribution in [0, 0.1) is 0 Å². The number of rotatable bonds is 2. The maximum Gasteiger partial charge on any atom is 0.0461 e. The maximum absolute atomic E-state index is 4.39. The Kier molecular flexibility index (Phi) is 23.6. The fraction of sp³-hybridized carbons (Fsp3) is 0.417. The van der Waals surface area contributed by atoms with Gasteiger partial charge in [-0.05, 0) is 22.0 Å². The van der Waals surface area contributed by atoms with E-state index in [0.717, 1.165) is 0 Å². The van der Waals surface area contributed by atoms with Crippen LogP contribution in [0.4, 0.5) is 0 Å². The zero-order chi connectivity index (χ0) is 12.8. The largest absolute Gasteiger partial charge is 0.678 e. The monoisotopic (exact) mass is 315 g/mol. The SMILES string of the molecule is CN=[C-]N(C)[C-]=S.C[PH+](C)C.[Co].c1cc[cH-]c1. The summed E-state index contributed by atoms with van der Waals surface area (Å²) in [5.74, 6) is 0. The van der Waals surface area contributed by atoms with E-state index in [4.69, 9.17) is 0 Å². The van der Waals surface area contributed by atoms with Gasteiger partial charge in [-0.15, -0.1) is 0 Å². The Morgan fingerprint density at radius 2 is 1.65 bits per heavy atom. The van der Waals surface area contributed by atoms with Crippen molar-refractivity contribution in [3.8, 4) is 0 Å². The second-order valence-corrected chi connectivity index (χ2v) is 6.62. The van der Waals surface area contributed by atoms with Gasteiger partial charge in [0.05, 0.1) is 0 Å². The molecule has 0 saturated heterocycles. The second-order valence-electron chi connectivity index (χ2n) is 3.44. The van der Waals surface area contributed by atoms with Crippen LogP contribution >= 0.6 is 20.1 Å². The summed E-state index contributed by atoms with van der Waals surface area (Å²) in [6, 6.07) is 10.0. The smallest absolute Gasteiger partial charge is 0.0461 e. The van der Waals surface area contributed by atoms with Crippen molar-refractivity contribution in [2.75, 3.05) is 34.1 Å². The third kappa shape index (κ3) is 31.3. The van der Waals surface area contributed by atoms with Gasteiger partial charge in [0.2, 0.25) is 0 Å². The van der Waals surface area contributed by atoms with E-state index in [0.29, 0.717) is 0 Å². The topological polar surface area (TPSA) is 15.6 Å². The van der Waals surface area contributed by atoms with Crippen LogP contribution in [0.3, 0.4) is 0 Å². The summed E-state index contributed by atoms with van der Waals surface area (Å²) in [6.45, 7) is 6.81. The van der Waals surface area contributed by atoms with Gasteiger partial charge in [-0.25, -0.2) is 12.1 Å². The van der Waals surface area contributed by atoms with Crippen LogP contribution in [0.2, 0.25) is 0 Å². The molecule has 0 N–H and O–H groups in total. The molecule has 0 saturated carbocycles. The summed E-state index contributed by atoms with van der Waals surface area (Å²) >= 11 is 4.39. The van der Waals surface area contributed by atoms with Crippen molar-refractivity contribution in [2.45, 2.75) is 0 Å². The van der Waals surface area contributed by atoms with Gasteiger partial charge < -0.3 is 33.9 Å². The summed E-state index contributed by atoms with van der Waals surface area (Å²) in [7, 11) is 3.47. The van der Waals surface area contributed by atoms with Gasteiger partial charge in [0.25, 0.3) is 0 Å². The zero-order valence-corrected chi connectivity index (χ0v) is 13.9. The van der Waals surface area contributed by atoms with Crippen LogP contribution in [-0.4, -0.2) is 50.8 Å². The van der Waals surface area contributed by atoms with Crippen molar-refractivity contribution in [3.63, 3.8) is 0 Å². The van der Waals surface area contributed by atoms with Crippen LogP contribution in [0.1, 0.15) is 0 Å². The molecule has 0 atom stereocenters.